The molecule has 0 radical (unpaired) electrons. The van der Waals surface area contributed by atoms with Crippen molar-refractivity contribution in [2.75, 3.05) is 37.7 Å². The van der Waals surface area contributed by atoms with Gasteiger partial charge in [-0.2, -0.15) is 0 Å². The van der Waals surface area contributed by atoms with E-state index in [0.29, 0.717) is 19.8 Å². The zero-order valence-electron chi connectivity index (χ0n) is 16.5. The molecule has 1 saturated heterocycles. The van der Waals surface area contributed by atoms with E-state index in [1.54, 1.807) is 11.8 Å². The number of hydrogen-bond donors (Lipinski definition) is 0. The van der Waals surface area contributed by atoms with E-state index in [1.807, 2.05) is 37.3 Å². The summed E-state index contributed by atoms with van der Waals surface area (Å²) in [6.07, 6.45) is -0.0268. The molecule has 1 unspecified atom stereocenters. The number of anilines is 1. The molecule has 0 aromatic heterocycles. The molecule has 1 aliphatic rings. The van der Waals surface area contributed by atoms with Gasteiger partial charge in [-0.15, -0.1) is 12.4 Å². The standard InChI is InChI=1S/C22H28N2O3.ClH/c1-3-26-22-12-8-7-11-21(22)24(18(2)25)17-20-16-23(13-14-27-20)15-19-9-5-4-6-10-19;/h4-12,20H,3,13-17H2,1-2H3;1H. The molecule has 5 nitrogen and oxygen atoms in total. The summed E-state index contributed by atoms with van der Waals surface area (Å²) in [5.41, 5.74) is 2.10. The zero-order valence-corrected chi connectivity index (χ0v) is 17.4. The number of amides is 1. The van der Waals surface area contributed by atoms with Crippen molar-refractivity contribution in [1.82, 2.24) is 4.90 Å². The van der Waals surface area contributed by atoms with Crippen molar-refractivity contribution in [1.29, 1.82) is 0 Å². The highest BCUT2D eigenvalue weighted by atomic mass is 35.5. The molecule has 0 N–H and O–H groups in total. The molecule has 0 aliphatic carbocycles. The molecule has 0 spiro atoms. The second-order valence-corrected chi connectivity index (χ2v) is 6.74. The number of halogens is 1. The second kappa shape index (κ2) is 11.1. The van der Waals surface area contributed by atoms with Crippen LogP contribution in [0.2, 0.25) is 0 Å². The second-order valence-electron chi connectivity index (χ2n) is 6.74. The minimum absolute atomic E-state index is 0. The summed E-state index contributed by atoms with van der Waals surface area (Å²) in [7, 11) is 0. The molecule has 1 atom stereocenters. The predicted octanol–water partition coefficient (Wildman–Crippen LogP) is 3.76. The third kappa shape index (κ3) is 5.96. The van der Waals surface area contributed by atoms with E-state index in [-0.39, 0.29) is 24.4 Å². The van der Waals surface area contributed by atoms with E-state index in [1.165, 1.54) is 5.56 Å². The fraction of sp³-hybridized carbons (Fsp3) is 0.409. The van der Waals surface area contributed by atoms with Gasteiger partial charge in [0.05, 0.1) is 31.5 Å². The van der Waals surface area contributed by atoms with Gasteiger partial charge in [-0.25, -0.2) is 0 Å². The van der Waals surface area contributed by atoms with Crippen LogP contribution in [0.15, 0.2) is 54.6 Å². The number of carbonyl (C=O) groups excluding carboxylic acids is 1. The number of morpholine rings is 1. The topological polar surface area (TPSA) is 42.0 Å². The van der Waals surface area contributed by atoms with Gasteiger partial charge in [-0.1, -0.05) is 42.5 Å². The summed E-state index contributed by atoms with van der Waals surface area (Å²) in [5, 5.41) is 0. The minimum atomic E-state index is -0.0268. The SMILES string of the molecule is CCOc1ccccc1N(CC1CN(Cc2ccccc2)CCO1)C(C)=O.Cl. The first-order valence-electron chi connectivity index (χ1n) is 9.55. The Morgan fingerprint density at radius 2 is 1.89 bits per heavy atom. The minimum Gasteiger partial charge on any atom is -0.492 e. The third-order valence-electron chi connectivity index (χ3n) is 4.69. The Hall–Kier alpha value is -2.08. The summed E-state index contributed by atoms with van der Waals surface area (Å²) < 4.78 is 11.7. The van der Waals surface area contributed by atoms with Gasteiger partial charge < -0.3 is 14.4 Å². The van der Waals surface area contributed by atoms with Crippen molar-refractivity contribution < 1.29 is 14.3 Å². The van der Waals surface area contributed by atoms with Crippen molar-refractivity contribution in [3.8, 4) is 5.75 Å². The van der Waals surface area contributed by atoms with Crippen LogP contribution in [-0.2, 0) is 16.1 Å². The molecule has 3 rings (SSSR count). The average molecular weight is 405 g/mol. The van der Waals surface area contributed by atoms with Crippen LogP contribution in [0.1, 0.15) is 19.4 Å². The fourth-order valence-corrected chi connectivity index (χ4v) is 3.43. The first kappa shape index (κ1) is 22.2. The molecule has 152 valence electrons. The molecule has 6 heteroatoms. The maximum Gasteiger partial charge on any atom is 0.224 e. The average Bonchev–Trinajstić information content (AvgIpc) is 2.68. The first-order valence-corrected chi connectivity index (χ1v) is 9.55. The van der Waals surface area contributed by atoms with Crippen molar-refractivity contribution in [2.24, 2.45) is 0 Å². The molecule has 1 heterocycles. The lowest BCUT2D eigenvalue weighted by atomic mass is 10.1. The Balaban J connectivity index is 0.00000280. The Bertz CT molecular complexity index is 742. The highest BCUT2D eigenvalue weighted by Crippen LogP contribution is 2.29. The predicted molar refractivity (Wildman–Crippen MR) is 114 cm³/mol. The summed E-state index contributed by atoms with van der Waals surface area (Å²) in [6, 6.07) is 18.1. The van der Waals surface area contributed by atoms with Gasteiger partial charge in [0.25, 0.3) is 0 Å². The molecule has 28 heavy (non-hydrogen) atoms. The van der Waals surface area contributed by atoms with Gasteiger partial charge in [0, 0.05) is 26.6 Å². The van der Waals surface area contributed by atoms with Gasteiger partial charge in [-0.3, -0.25) is 9.69 Å². The maximum atomic E-state index is 12.3. The number of para-hydroxylation sites is 2. The Labute approximate surface area is 173 Å². The highest BCUT2D eigenvalue weighted by Gasteiger charge is 2.26. The zero-order chi connectivity index (χ0) is 19.1. The number of hydrogen-bond acceptors (Lipinski definition) is 4. The number of rotatable bonds is 7. The van der Waals surface area contributed by atoms with Crippen molar-refractivity contribution >= 4 is 24.0 Å². The molecule has 2 aromatic rings. The fourth-order valence-electron chi connectivity index (χ4n) is 3.43. The Morgan fingerprint density at radius 1 is 1.18 bits per heavy atom. The number of nitrogens with zero attached hydrogens (tertiary/aromatic N) is 2. The number of carbonyl (C=O) groups is 1. The van der Waals surface area contributed by atoms with Crippen LogP contribution in [0.4, 0.5) is 5.69 Å². The molecule has 0 bridgehead atoms. The lowest BCUT2D eigenvalue weighted by Gasteiger charge is -2.36. The maximum absolute atomic E-state index is 12.3. The molecule has 1 fully saturated rings. The summed E-state index contributed by atoms with van der Waals surface area (Å²) in [5.74, 6) is 0.720. The quantitative estimate of drug-likeness (QED) is 0.704. The van der Waals surface area contributed by atoms with Crippen LogP contribution in [-0.4, -0.2) is 49.8 Å². The molecule has 1 aliphatic heterocycles. The van der Waals surface area contributed by atoms with E-state index in [2.05, 4.69) is 29.2 Å². The van der Waals surface area contributed by atoms with Crippen LogP contribution in [0.5, 0.6) is 5.75 Å². The van der Waals surface area contributed by atoms with Crippen LogP contribution < -0.4 is 9.64 Å². The lowest BCUT2D eigenvalue weighted by molar-refractivity contribution is -0.117. The van der Waals surface area contributed by atoms with E-state index in [9.17, 15) is 4.79 Å². The Kier molecular flexibility index (Phi) is 8.77. The molecule has 1 amide bonds. The molecular formula is C22H29ClN2O3. The van der Waals surface area contributed by atoms with Crippen molar-refractivity contribution in [2.45, 2.75) is 26.5 Å². The Morgan fingerprint density at radius 3 is 2.61 bits per heavy atom. The number of ether oxygens (including phenoxy) is 2. The van der Waals surface area contributed by atoms with Gasteiger partial charge in [0.1, 0.15) is 5.75 Å². The van der Waals surface area contributed by atoms with Gasteiger partial charge in [0.15, 0.2) is 0 Å². The van der Waals surface area contributed by atoms with Crippen LogP contribution in [0.3, 0.4) is 0 Å². The van der Waals surface area contributed by atoms with Crippen LogP contribution >= 0.6 is 12.4 Å². The van der Waals surface area contributed by atoms with Crippen LogP contribution in [0.25, 0.3) is 0 Å². The van der Waals surface area contributed by atoms with Gasteiger partial charge >= 0.3 is 0 Å². The molecule has 0 saturated carbocycles. The lowest BCUT2D eigenvalue weighted by Crippen LogP contribution is -2.48. The van der Waals surface area contributed by atoms with Gasteiger partial charge in [0.2, 0.25) is 5.91 Å². The van der Waals surface area contributed by atoms with E-state index in [4.69, 9.17) is 9.47 Å². The normalized spacial score (nSPS) is 16.9. The van der Waals surface area contributed by atoms with Crippen molar-refractivity contribution in [3.63, 3.8) is 0 Å². The van der Waals surface area contributed by atoms with Crippen LogP contribution in [0, 0.1) is 0 Å². The summed E-state index contributed by atoms with van der Waals surface area (Å²) in [6.45, 7) is 7.90. The molecular weight excluding hydrogens is 376 g/mol. The highest BCUT2D eigenvalue weighted by molar-refractivity contribution is 5.93. The smallest absolute Gasteiger partial charge is 0.224 e. The third-order valence-corrected chi connectivity index (χ3v) is 4.69. The summed E-state index contributed by atoms with van der Waals surface area (Å²) in [4.78, 5) is 16.5. The molecule has 2 aromatic carbocycles. The monoisotopic (exact) mass is 404 g/mol. The van der Waals surface area contributed by atoms with E-state index < -0.39 is 0 Å². The number of benzene rings is 2. The first-order chi connectivity index (χ1) is 13.2. The summed E-state index contributed by atoms with van der Waals surface area (Å²) >= 11 is 0. The van der Waals surface area contributed by atoms with Crippen molar-refractivity contribution in [3.05, 3.63) is 60.2 Å². The van der Waals surface area contributed by atoms with E-state index >= 15 is 0 Å². The van der Waals surface area contributed by atoms with Gasteiger partial charge in [-0.05, 0) is 24.6 Å². The van der Waals surface area contributed by atoms with E-state index in [0.717, 1.165) is 31.1 Å². The largest absolute Gasteiger partial charge is 0.492 e.